The van der Waals surface area contributed by atoms with E-state index in [9.17, 15) is 4.79 Å². The number of aryl methyl sites for hydroxylation is 1. The van der Waals surface area contributed by atoms with E-state index in [1.54, 1.807) is 6.08 Å². The molecule has 6 heteroatoms. The molecule has 3 aromatic rings. The summed E-state index contributed by atoms with van der Waals surface area (Å²) in [5, 5.41) is 12.8. The average Bonchev–Trinajstić information content (AvgIpc) is 3.33. The lowest BCUT2D eigenvalue weighted by atomic mass is 10.1. The molecule has 6 nitrogen and oxygen atoms in total. The zero-order chi connectivity index (χ0) is 19.3. The molecular weight excluding hydrogens is 354 g/mol. The van der Waals surface area contributed by atoms with Crippen molar-refractivity contribution in [3.63, 3.8) is 0 Å². The van der Waals surface area contributed by atoms with Crippen molar-refractivity contribution in [2.45, 2.75) is 19.5 Å². The zero-order valence-corrected chi connectivity index (χ0v) is 15.2. The molecule has 0 saturated heterocycles. The summed E-state index contributed by atoms with van der Waals surface area (Å²) in [6.45, 7) is 1.26. The lowest BCUT2D eigenvalue weighted by Gasteiger charge is -2.04. The fraction of sp³-hybridized carbons (Fsp3) is 0.182. The van der Waals surface area contributed by atoms with E-state index in [1.165, 1.54) is 6.08 Å². The van der Waals surface area contributed by atoms with Gasteiger partial charge < -0.3 is 19.4 Å². The van der Waals surface area contributed by atoms with Crippen LogP contribution in [0.2, 0.25) is 0 Å². The first-order valence-corrected chi connectivity index (χ1v) is 9.04. The molecule has 0 aliphatic carbocycles. The molecule has 1 N–H and O–H groups in total. The van der Waals surface area contributed by atoms with Crippen LogP contribution in [-0.4, -0.2) is 17.3 Å². The van der Waals surface area contributed by atoms with Gasteiger partial charge in [0, 0.05) is 41.8 Å². The zero-order valence-electron chi connectivity index (χ0n) is 15.2. The molecule has 0 saturated carbocycles. The number of fused-ring (bicyclic) bond motifs is 2. The van der Waals surface area contributed by atoms with Gasteiger partial charge in [-0.05, 0) is 29.8 Å². The molecule has 1 amide bonds. The topological polar surface area (TPSA) is 76.3 Å². The van der Waals surface area contributed by atoms with Crippen LogP contribution in [0.1, 0.15) is 17.5 Å². The smallest absolute Gasteiger partial charge is 0.244 e. The second-order valence-electron chi connectivity index (χ2n) is 6.44. The molecule has 0 spiro atoms. The van der Waals surface area contributed by atoms with Crippen LogP contribution in [0.25, 0.3) is 17.0 Å². The Hall–Kier alpha value is -3.72. The number of hydrogen-bond acceptors (Lipinski definition) is 4. The maximum Gasteiger partial charge on any atom is 0.244 e. The fourth-order valence-corrected chi connectivity index (χ4v) is 3.23. The van der Waals surface area contributed by atoms with Gasteiger partial charge in [-0.3, -0.25) is 4.79 Å². The molecule has 1 aliphatic rings. The largest absolute Gasteiger partial charge is 0.454 e. The molecule has 2 heterocycles. The summed E-state index contributed by atoms with van der Waals surface area (Å²) in [4.78, 5) is 12.2. The molecule has 1 aromatic heterocycles. The molecule has 0 radical (unpaired) electrons. The van der Waals surface area contributed by atoms with Gasteiger partial charge in [-0.15, -0.1) is 0 Å². The van der Waals surface area contributed by atoms with Crippen molar-refractivity contribution < 1.29 is 14.3 Å². The summed E-state index contributed by atoms with van der Waals surface area (Å²) in [7, 11) is 0. The van der Waals surface area contributed by atoms with E-state index in [-0.39, 0.29) is 12.7 Å². The number of rotatable bonds is 6. The predicted octanol–water partition coefficient (Wildman–Crippen LogP) is 3.61. The number of nitrogens with one attached hydrogen (secondary N) is 1. The summed E-state index contributed by atoms with van der Waals surface area (Å²) in [6, 6.07) is 15.8. The number of ether oxygens (including phenoxy) is 2. The van der Waals surface area contributed by atoms with Gasteiger partial charge in [0.25, 0.3) is 0 Å². The van der Waals surface area contributed by atoms with Gasteiger partial charge in [-0.1, -0.05) is 24.3 Å². The fourth-order valence-electron chi connectivity index (χ4n) is 3.23. The third kappa shape index (κ3) is 3.69. The molecule has 140 valence electrons. The van der Waals surface area contributed by atoms with E-state index in [2.05, 4.69) is 11.4 Å². The highest BCUT2D eigenvalue weighted by molar-refractivity contribution is 5.96. The third-order valence-corrected chi connectivity index (χ3v) is 4.60. The van der Waals surface area contributed by atoms with E-state index in [0.29, 0.717) is 25.3 Å². The quantitative estimate of drug-likeness (QED) is 0.670. The predicted molar refractivity (Wildman–Crippen MR) is 106 cm³/mol. The van der Waals surface area contributed by atoms with Gasteiger partial charge in [0.1, 0.15) is 0 Å². The number of nitriles is 1. The van der Waals surface area contributed by atoms with Crippen LogP contribution >= 0.6 is 0 Å². The maximum atomic E-state index is 12.2. The van der Waals surface area contributed by atoms with Crippen LogP contribution in [0.3, 0.4) is 0 Å². The van der Waals surface area contributed by atoms with Crippen molar-refractivity contribution in [2.24, 2.45) is 0 Å². The van der Waals surface area contributed by atoms with Crippen LogP contribution < -0.4 is 14.8 Å². The number of amides is 1. The Kier molecular flexibility index (Phi) is 4.98. The minimum absolute atomic E-state index is 0.175. The SMILES string of the molecule is N#CCCn1cc(/C=C/C(=O)NCc2ccc3c(c2)OCO3)c2ccccc21. The minimum Gasteiger partial charge on any atom is -0.454 e. The Balaban J connectivity index is 1.44. The highest BCUT2D eigenvalue weighted by Crippen LogP contribution is 2.32. The Morgan fingerprint density at radius 3 is 2.96 bits per heavy atom. The molecule has 28 heavy (non-hydrogen) atoms. The van der Waals surface area contributed by atoms with Gasteiger partial charge in [0.15, 0.2) is 11.5 Å². The normalized spacial score (nSPS) is 12.4. The minimum atomic E-state index is -0.175. The van der Waals surface area contributed by atoms with Crippen molar-refractivity contribution in [1.29, 1.82) is 5.26 Å². The van der Waals surface area contributed by atoms with Gasteiger partial charge in [0.2, 0.25) is 12.7 Å². The van der Waals surface area contributed by atoms with Gasteiger partial charge in [-0.25, -0.2) is 0 Å². The van der Waals surface area contributed by atoms with Crippen LogP contribution in [0.15, 0.2) is 54.7 Å². The van der Waals surface area contributed by atoms with Crippen molar-refractivity contribution in [2.75, 3.05) is 6.79 Å². The molecule has 0 bridgehead atoms. The molecule has 0 fully saturated rings. The van der Waals surface area contributed by atoms with Crippen molar-refractivity contribution in [3.05, 3.63) is 65.9 Å². The summed E-state index contributed by atoms with van der Waals surface area (Å²) < 4.78 is 12.7. The number of carbonyl (C=O) groups is 1. The number of aromatic nitrogens is 1. The summed E-state index contributed by atoms with van der Waals surface area (Å²) >= 11 is 0. The van der Waals surface area contributed by atoms with E-state index in [1.807, 2.05) is 53.2 Å². The summed E-state index contributed by atoms with van der Waals surface area (Å²) in [5.41, 5.74) is 2.95. The Bertz CT molecular complexity index is 1090. The third-order valence-electron chi connectivity index (χ3n) is 4.60. The van der Waals surface area contributed by atoms with Crippen LogP contribution in [0.4, 0.5) is 0 Å². The Morgan fingerprint density at radius 2 is 2.07 bits per heavy atom. The molecular formula is C22H19N3O3. The lowest BCUT2D eigenvalue weighted by molar-refractivity contribution is -0.116. The number of benzene rings is 2. The Morgan fingerprint density at radius 1 is 1.21 bits per heavy atom. The first kappa shape index (κ1) is 17.7. The number of carbonyl (C=O) groups excluding carboxylic acids is 1. The molecule has 4 rings (SSSR count). The first-order chi connectivity index (χ1) is 13.7. The number of hydrogen-bond donors (Lipinski definition) is 1. The first-order valence-electron chi connectivity index (χ1n) is 9.04. The van der Waals surface area contributed by atoms with Gasteiger partial charge >= 0.3 is 0 Å². The van der Waals surface area contributed by atoms with Crippen molar-refractivity contribution in [3.8, 4) is 17.6 Å². The van der Waals surface area contributed by atoms with Gasteiger partial charge in [0.05, 0.1) is 12.5 Å². The van der Waals surface area contributed by atoms with Gasteiger partial charge in [-0.2, -0.15) is 5.26 Å². The molecule has 2 aromatic carbocycles. The second kappa shape index (κ2) is 7.89. The second-order valence-corrected chi connectivity index (χ2v) is 6.44. The van der Waals surface area contributed by atoms with Crippen molar-refractivity contribution in [1.82, 2.24) is 9.88 Å². The van der Waals surface area contributed by atoms with E-state index < -0.39 is 0 Å². The summed E-state index contributed by atoms with van der Waals surface area (Å²) in [5.74, 6) is 1.25. The number of para-hydroxylation sites is 1. The monoisotopic (exact) mass is 373 g/mol. The van der Waals surface area contributed by atoms with E-state index >= 15 is 0 Å². The average molecular weight is 373 g/mol. The van der Waals surface area contributed by atoms with E-state index in [4.69, 9.17) is 14.7 Å². The summed E-state index contributed by atoms with van der Waals surface area (Å²) in [6.07, 6.45) is 5.76. The van der Waals surface area contributed by atoms with Crippen LogP contribution in [0, 0.1) is 11.3 Å². The standard InChI is InChI=1S/C22H19N3O3/c23-10-3-11-25-14-17(18-4-1-2-5-19(18)25)7-9-22(26)24-13-16-6-8-20-21(12-16)28-15-27-20/h1-2,4-9,12,14H,3,11,13,15H2,(H,24,26)/b9-7+. The van der Waals surface area contributed by atoms with Crippen molar-refractivity contribution >= 4 is 22.9 Å². The van der Waals surface area contributed by atoms with Crippen LogP contribution in [-0.2, 0) is 17.9 Å². The molecule has 0 atom stereocenters. The highest BCUT2D eigenvalue weighted by Gasteiger charge is 2.13. The number of nitrogens with zero attached hydrogens (tertiary/aromatic N) is 2. The van der Waals surface area contributed by atoms with Crippen LogP contribution in [0.5, 0.6) is 11.5 Å². The maximum absolute atomic E-state index is 12.2. The highest BCUT2D eigenvalue weighted by atomic mass is 16.7. The lowest BCUT2D eigenvalue weighted by Crippen LogP contribution is -2.20. The molecule has 1 aliphatic heterocycles. The van der Waals surface area contributed by atoms with E-state index in [0.717, 1.165) is 27.8 Å². The molecule has 0 unspecified atom stereocenters. The Labute approximate surface area is 162 Å².